The van der Waals surface area contributed by atoms with Crippen LogP contribution in [0.4, 0.5) is 11.4 Å². The molecule has 0 bridgehead atoms. The molecule has 2 rings (SSSR count). The van der Waals surface area contributed by atoms with Crippen LogP contribution in [-0.2, 0) is 4.79 Å². The Kier molecular flexibility index (Phi) is 3.21. The number of nitrogens with zero attached hydrogens (tertiary/aromatic N) is 1. The number of nitro benzene ring substituents is 1. The summed E-state index contributed by atoms with van der Waals surface area (Å²) >= 11 is 0. The molecule has 0 radical (unpaired) electrons. The lowest BCUT2D eigenvalue weighted by molar-refractivity contribution is -0.384. The van der Waals surface area contributed by atoms with Gasteiger partial charge in [-0.25, -0.2) is 4.79 Å². The molecule has 1 saturated carbocycles. The number of rotatable bonds is 4. The fourth-order valence-electron chi connectivity index (χ4n) is 2.07. The van der Waals surface area contributed by atoms with E-state index in [0.717, 1.165) is 12.5 Å². The van der Waals surface area contributed by atoms with E-state index in [1.54, 1.807) is 0 Å². The number of anilines is 1. The first-order chi connectivity index (χ1) is 9.22. The van der Waals surface area contributed by atoms with Gasteiger partial charge in [0.15, 0.2) is 0 Å². The van der Waals surface area contributed by atoms with E-state index < -0.39 is 10.9 Å². The largest absolute Gasteiger partial charge is 0.478 e. The van der Waals surface area contributed by atoms with Crippen LogP contribution in [0, 0.1) is 21.4 Å². The Hall–Kier alpha value is -2.44. The summed E-state index contributed by atoms with van der Waals surface area (Å²) in [7, 11) is 0. The van der Waals surface area contributed by atoms with Crippen LogP contribution in [-0.4, -0.2) is 21.9 Å². The number of benzene rings is 1. The molecule has 0 aromatic heterocycles. The minimum absolute atomic E-state index is 0.0752. The summed E-state index contributed by atoms with van der Waals surface area (Å²) in [6.45, 7) is 3.90. The topological polar surface area (TPSA) is 110 Å². The van der Waals surface area contributed by atoms with Crippen LogP contribution < -0.4 is 5.32 Å². The summed E-state index contributed by atoms with van der Waals surface area (Å²) in [6, 6.07) is 3.35. The third-order valence-electron chi connectivity index (χ3n) is 3.53. The predicted octanol–water partition coefficient (Wildman–Crippen LogP) is 2.28. The van der Waals surface area contributed by atoms with Gasteiger partial charge in [-0.15, -0.1) is 0 Å². The van der Waals surface area contributed by atoms with Crippen molar-refractivity contribution >= 4 is 23.3 Å². The molecule has 0 saturated heterocycles. The van der Waals surface area contributed by atoms with Crippen molar-refractivity contribution in [2.75, 3.05) is 5.32 Å². The van der Waals surface area contributed by atoms with Crippen molar-refractivity contribution in [3.8, 4) is 0 Å². The fraction of sp³-hybridized carbons (Fsp3) is 0.385. The Balaban J connectivity index is 2.25. The molecule has 1 aliphatic rings. The van der Waals surface area contributed by atoms with Crippen LogP contribution in [0.25, 0.3) is 0 Å². The van der Waals surface area contributed by atoms with Crippen molar-refractivity contribution in [1.82, 2.24) is 0 Å². The van der Waals surface area contributed by atoms with E-state index in [-0.39, 0.29) is 34.2 Å². The number of hydrogen-bond acceptors (Lipinski definition) is 4. The zero-order valence-electron chi connectivity index (χ0n) is 11.0. The summed E-state index contributed by atoms with van der Waals surface area (Å²) in [5, 5.41) is 22.2. The first-order valence-corrected chi connectivity index (χ1v) is 6.05. The average Bonchev–Trinajstić information content (AvgIpc) is 2.98. The van der Waals surface area contributed by atoms with E-state index in [9.17, 15) is 19.7 Å². The van der Waals surface area contributed by atoms with Gasteiger partial charge >= 0.3 is 5.97 Å². The lowest BCUT2D eigenvalue weighted by atomic mass is 10.1. The molecular weight excluding hydrogens is 264 g/mol. The van der Waals surface area contributed by atoms with Gasteiger partial charge in [-0.05, 0) is 17.9 Å². The monoisotopic (exact) mass is 278 g/mol. The van der Waals surface area contributed by atoms with Crippen LogP contribution in [0.1, 0.15) is 30.6 Å². The molecule has 7 heteroatoms. The SMILES string of the molecule is CC1(C)CC1C(=O)Nc1ccc([N+](=O)[O-])cc1C(=O)O. The first kappa shape index (κ1) is 14.0. The van der Waals surface area contributed by atoms with Gasteiger partial charge in [0.05, 0.1) is 16.2 Å². The Morgan fingerprint density at radius 1 is 1.45 bits per heavy atom. The van der Waals surface area contributed by atoms with E-state index >= 15 is 0 Å². The quantitative estimate of drug-likeness (QED) is 0.648. The molecule has 2 N–H and O–H groups in total. The Morgan fingerprint density at radius 2 is 2.05 bits per heavy atom. The predicted molar refractivity (Wildman–Crippen MR) is 70.6 cm³/mol. The number of amides is 1. The van der Waals surface area contributed by atoms with Crippen molar-refractivity contribution in [2.24, 2.45) is 11.3 Å². The highest BCUT2D eigenvalue weighted by atomic mass is 16.6. The number of carbonyl (C=O) groups is 2. The Labute approximate surface area is 114 Å². The summed E-state index contributed by atoms with van der Waals surface area (Å²) in [5.74, 6) is -1.73. The number of non-ortho nitro benzene ring substituents is 1. The maximum absolute atomic E-state index is 11.9. The second-order valence-electron chi connectivity index (χ2n) is 5.53. The molecule has 1 atom stereocenters. The van der Waals surface area contributed by atoms with E-state index in [4.69, 9.17) is 5.11 Å². The molecule has 0 spiro atoms. The van der Waals surface area contributed by atoms with Gasteiger partial charge in [0.2, 0.25) is 5.91 Å². The Bertz CT molecular complexity index is 609. The van der Waals surface area contributed by atoms with Gasteiger partial charge < -0.3 is 10.4 Å². The number of carboxylic acids is 1. The highest BCUT2D eigenvalue weighted by molar-refractivity contribution is 6.02. The summed E-state index contributed by atoms with van der Waals surface area (Å²) < 4.78 is 0. The smallest absolute Gasteiger partial charge is 0.338 e. The molecule has 0 aliphatic heterocycles. The van der Waals surface area contributed by atoms with Crippen LogP contribution in [0.3, 0.4) is 0 Å². The van der Waals surface area contributed by atoms with Crippen molar-refractivity contribution in [3.05, 3.63) is 33.9 Å². The Morgan fingerprint density at radius 3 is 2.50 bits per heavy atom. The maximum Gasteiger partial charge on any atom is 0.338 e. The van der Waals surface area contributed by atoms with Crippen molar-refractivity contribution in [3.63, 3.8) is 0 Å². The van der Waals surface area contributed by atoms with Crippen molar-refractivity contribution < 1.29 is 19.6 Å². The van der Waals surface area contributed by atoms with E-state index in [2.05, 4.69) is 5.32 Å². The van der Waals surface area contributed by atoms with E-state index in [1.165, 1.54) is 12.1 Å². The normalized spacial score (nSPS) is 19.2. The molecular formula is C13H14N2O5. The average molecular weight is 278 g/mol. The zero-order chi connectivity index (χ0) is 15.1. The van der Waals surface area contributed by atoms with Gasteiger partial charge in [-0.1, -0.05) is 13.8 Å². The molecule has 1 aromatic rings. The second kappa shape index (κ2) is 4.59. The summed E-state index contributed by atoms with van der Waals surface area (Å²) in [5.41, 5.74) is -0.609. The number of hydrogen-bond donors (Lipinski definition) is 2. The maximum atomic E-state index is 11.9. The third kappa shape index (κ3) is 2.61. The van der Waals surface area contributed by atoms with E-state index in [0.29, 0.717) is 0 Å². The molecule has 106 valence electrons. The van der Waals surface area contributed by atoms with Gasteiger partial charge in [0.1, 0.15) is 0 Å². The number of aromatic carboxylic acids is 1. The lowest BCUT2D eigenvalue weighted by Crippen LogP contribution is -2.18. The minimum Gasteiger partial charge on any atom is -0.478 e. The van der Waals surface area contributed by atoms with Gasteiger partial charge in [-0.2, -0.15) is 0 Å². The highest BCUT2D eigenvalue weighted by Gasteiger charge is 2.50. The van der Waals surface area contributed by atoms with Crippen LogP contribution in [0.2, 0.25) is 0 Å². The molecule has 1 aromatic carbocycles. The molecule has 20 heavy (non-hydrogen) atoms. The number of nitrogens with one attached hydrogen (secondary N) is 1. The minimum atomic E-state index is -1.32. The van der Waals surface area contributed by atoms with Gasteiger partial charge in [-0.3, -0.25) is 14.9 Å². The zero-order valence-corrected chi connectivity index (χ0v) is 11.0. The van der Waals surface area contributed by atoms with E-state index in [1.807, 2.05) is 13.8 Å². The van der Waals surface area contributed by atoms with Crippen LogP contribution in [0.5, 0.6) is 0 Å². The molecule has 7 nitrogen and oxygen atoms in total. The third-order valence-corrected chi connectivity index (χ3v) is 3.53. The standard InChI is InChI=1S/C13H14N2O5/c1-13(2)6-9(13)11(16)14-10-4-3-7(15(19)20)5-8(10)12(17)18/h3-5,9H,6H2,1-2H3,(H,14,16)(H,17,18). The summed E-state index contributed by atoms with van der Waals surface area (Å²) in [6.07, 6.45) is 0.744. The number of carbonyl (C=O) groups excluding carboxylic acids is 1. The van der Waals surface area contributed by atoms with Crippen LogP contribution >= 0.6 is 0 Å². The second-order valence-corrected chi connectivity index (χ2v) is 5.53. The number of carboxylic acid groups (broad SMARTS) is 1. The molecule has 1 fully saturated rings. The molecule has 1 unspecified atom stereocenters. The van der Waals surface area contributed by atoms with Crippen molar-refractivity contribution in [1.29, 1.82) is 0 Å². The fourth-order valence-corrected chi connectivity index (χ4v) is 2.07. The highest BCUT2D eigenvalue weighted by Crippen LogP contribution is 2.52. The van der Waals surface area contributed by atoms with Gasteiger partial charge in [0.25, 0.3) is 5.69 Å². The molecule has 1 amide bonds. The number of nitro groups is 1. The van der Waals surface area contributed by atoms with Crippen LogP contribution in [0.15, 0.2) is 18.2 Å². The molecule has 1 aliphatic carbocycles. The summed E-state index contributed by atoms with van der Waals surface area (Å²) in [4.78, 5) is 33.0. The molecule has 0 heterocycles. The first-order valence-electron chi connectivity index (χ1n) is 6.05. The van der Waals surface area contributed by atoms with Crippen molar-refractivity contribution in [2.45, 2.75) is 20.3 Å². The van der Waals surface area contributed by atoms with Gasteiger partial charge in [0, 0.05) is 18.1 Å². The lowest BCUT2D eigenvalue weighted by Gasteiger charge is -2.09.